The molecule has 1 unspecified atom stereocenters. The number of nitrogens with two attached hydrogens (primary N) is 1. The average molecular weight is 411 g/mol. The van der Waals surface area contributed by atoms with Gasteiger partial charge in [-0.3, -0.25) is 4.79 Å². The molecule has 8 heteroatoms. The van der Waals surface area contributed by atoms with Crippen LogP contribution in [0.4, 0.5) is 4.79 Å². The lowest BCUT2D eigenvalue weighted by Gasteiger charge is -2.32. The summed E-state index contributed by atoms with van der Waals surface area (Å²) in [7, 11) is 3.08. The number of benzene rings is 1. The van der Waals surface area contributed by atoms with Crippen molar-refractivity contribution >= 4 is 12.0 Å². The minimum absolute atomic E-state index is 0.0477. The predicted octanol–water partition coefficient (Wildman–Crippen LogP) is 3.22. The number of amides is 2. The molecule has 0 aliphatic rings. The topological polar surface area (TPSA) is 100 Å². The first kappa shape index (κ1) is 24.6. The highest BCUT2D eigenvalue weighted by Crippen LogP contribution is 2.27. The zero-order valence-electron chi connectivity index (χ0n) is 18.6. The van der Waals surface area contributed by atoms with Gasteiger partial charge in [-0.15, -0.1) is 0 Å². The van der Waals surface area contributed by atoms with Gasteiger partial charge in [-0.1, -0.05) is 13.8 Å². The third-order valence-electron chi connectivity index (χ3n) is 4.09. The van der Waals surface area contributed by atoms with Gasteiger partial charge >= 0.3 is 6.09 Å². The van der Waals surface area contributed by atoms with Crippen LogP contribution >= 0.6 is 0 Å². The number of rotatable bonds is 8. The standard InChI is InChI=1S/C21H34N2O6/c1-13(2)18(22)19(24)23(20(25)29-21(4,5)6)14(3)12-28-17-10-15(26-7)9-16(11-17)27-8/h9-11,13-14,18H,12,22H2,1-8H3/t14?,18-/m0/s1. The van der Waals surface area contributed by atoms with Crippen molar-refractivity contribution in [2.75, 3.05) is 20.8 Å². The summed E-state index contributed by atoms with van der Waals surface area (Å²) in [5.41, 5.74) is 5.26. The molecule has 0 bridgehead atoms. The Morgan fingerprint density at radius 3 is 1.90 bits per heavy atom. The number of hydrogen-bond donors (Lipinski definition) is 1. The molecule has 29 heavy (non-hydrogen) atoms. The summed E-state index contributed by atoms with van der Waals surface area (Å²) in [6.07, 6.45) is -0.752. The molecule has 8 nitrogen and oxygen atoms in total. The molecule has 0 saturated heterocycles. The molecule has 0 fully saturated rings. The largest absolute Gasteiger partial charge is 0.496 e. The smallest absolute Gasteiger partial charge is 0.417 e. The van der Waals surface area contributed by atoms with Crippen LogP contribution in [0.3, 0.4) is 0 Å². The van der Waals surface area contributed by atoms with E-state index in [1.807, 2.05) is 13.8 Å². The summed E-state index contributed by atoms with van der Waals surface area (Å²) >= 11 is 0. The second-order valence-electron chi connectivity index (χ2n) is 8.17. The Hall–Kier alpha value is -2.48. The van der Waals surface area contributed by atoms with Crippen molar-refractivity contribution in [1.82, 2.24) is 4.90 Å². The van der Waals surface area contributed by atoms with Crippen molar-refractivity contribution < 1.29 is 28.5 Å². The molecule has 1 aromatic rings. The fourth-order valence-corrected chi connectivity index (χ4v) is 2.40. The number of carbonyl (C=O) groups excluding carboxylic acids is 2. The summed E-state index contributed by atoms with van der Waals surface area (Å²) in [6.45, 7) is 10.6. The van der Waals surface area contributed by atoms with E-state index in [4.69, 9.17) is 24.7 Å². The summed E-state index contributed by atoms with van der Waals surface area (Å²) < 4.78 is 21.7. The van der Waals surface area contributed by atoms with Crippen molar-refractivity contribution in [3.63, 3.8) is 0 Å². The SMILES string of the molecule is COc1cc(OC)cc(OCC(C)N(C(=O)OC(C)(C)C)C(=O)[C@@H](N)C(C)C)c1. The lowest BCUT2D eigenvalue weighted by Crippen LogP contribution is -2.55. The number of hydrogen-bond acceptors (Lipinski definition) is 7. The molecule has 1 aromatic carbocycles. The number of imide groups is 1. The average Bonchev–Trinajstić information content (AvgIpc) is 2.63. The Morgan fingerprint density at radius 2 is 1.48 bits per heavy atom. The van der Waals surface area contributed by atoms with Crippen molar-refractivity contribution in [1.29, 1.82) is 0 Å². The van der Waals surface area contributed by atoms with Gasteiger partial charge < -0.3 is 24.7 Å². The number of carbonyl (C=O) groups is 2. The van der Waals surface area contributed by atoms with Crippen LogP contribution in [-0.4, -0.2) is 55.4 Å². The maximum absolute atomic E-state index is 12.9. The van der Waals surface area contributed by atoms with Gasteiger partial charge in [-0.2, -0.15) is 0 Å². The van der Waals surface area contributed by atoms with Gasteiger partial charge in [0.2, 0.25) is 5.91 Å². The fourth-order valence-electron chi connectivity index (χ4n) is 2.40. The zero-order valence-corrected chi connectivity index (χ0v) is 18.6. The first-order chi connectivity index (χ1) is 13.4. The lowest BCUT2D eigenvalue weighted by atomic mass is 10.0. The van der Waals surface area contributed by atoms with Crippen molar-refractivity contribution in [2.45, 2.75) is 59.2 Å². The van der Waals surface area contributed by atoms with Crippen LogP contribution < -0.4 is 19.9 Å². The van der Waals surface area contributed by atoms with E-state index >= 15 is 0 Å². The van der Waals surface area contributed by atoms with Crippen LogP contribution in [0.2, 0.25) is 0 Å². The number of methoxy groups -OCH3 is 2. The van der Waals surface area contributed by atoms with E-state index in [9.17, 15) is 9.59 Å². The first-order valence-electron chi connectivity index (χ1n) is 9.57. The number of nitrogens with zero attached hydrogens (tertiary/aromatic N) is 1. The molecule has 0 aliphatic carbocycles. The Morgan fingerprint density at radius 1 is 1.00 bits per heavy atom. The van der Waals surface area contributed by atoms with Crippen LogP contribution in [0.25, 0.3) is 0 Å². The molecular formula is C21H34N2O6. The molecule has 1 rings (SSSR count). The minimum atomic E-state index is -0.832. The van der Waals surface area contributed by atoms with E-state index in [1.165, 1.54) is 14.2 Å². The summed E-state index contributed by atoms with van der Waals surface area (Å²) in [6, 6.07) is 3.65. The molecule has 2 atom stereocenters. The van der Waals surface area contributed by atoms with Crippen molar-refractivity contribution in [3.8, 4) is 17.2 Å². The Balaban J connectivity index is 3.03. The first-order valence-corrected chi connectivity index (χ1v) is 9.57. The molecule has 164 valence electrons. The predicted molar refractivity (Wildman–Crippen MR) is 110 cm³/mol. The Kier molecular flexibility index (Phi) is 8.76. The molecule has 0 heterocycles. The lowest BCUT2D eigenvalue weighted by molar-refractivity contribution is -0.135. The van der Waals surface area contributed by atoms with Gasteiger partial charge in [0.1, 0.15) is 29.5 Å². The summed E-state index contributed by atoms with van der Waals surface area (Å²) in [5, 5.41) is 0. The van der Waals surface area contributed by atoms with E-state index in [2.05, 4.69) is 0 Å². The summed E-state index contributed by atoms with van der Waals surface area (Å²) in [5.74, 6) is 0.970. The molecular weight excluding hydrogens is 376 g/mol. The van der Waals surface area contributed by atoms with Crippen LogP contribution in [0.5, 0.6) is 17.2 Å². The van der Waals surface area contributed by atoms with Crippen LogP contribution in [0.15, 0.2) is 18.2 Å². The maximum Gasteiger partial charge on any atom is 0.417 e. The van der Waals surface area contributed by atoms with Gasteiger partial charge in [-0.25, -0.2) is 9.69 Å². The minimum Gasteiger partial charge on any atom is -0.496 e. The zero-order chi connectivity index (χ0) is 22.4. The number of ether oxygens (including phenoxy) is 4. The second-order valence-corrected chi connectivity index (χ2v) is 8.17. The highest BCUT2D eigenvalue weighted by Gasteiger charge is 2.35. The van der Waals surface area contributed by atoms with Gasteiger partial charge in [-0.05, 0) is 33.6 Å². The van der Waals surface area contributed by atoms with Gasteiger partial charge in [0.25, 0.3) is 0 Å². The van der Waals surface area contributed by atoms with E-state index in [1.54, 1.807) is 45.9 Å². The molecule has 0 aliphatic heterocycles. The normalized spacial score (nSPS) is 13.4. The third kappa shape index (κ3) is 7.45. The Bertz CT molecular complexity index is 677. The highest BCUT2D eigenvalue weighted by molar-refractivity contribution is 5.95. The fraction of sp³-hybridized carbons (Fsp3) is 0.619. The van der Waals surface area contributed by atoms with Crippen LogP contribution in [0, 0.1) is 5.92 Å². The monoisotopic (exact) mass is 410 g/mol. The van der Waals surface area contributed by atoms with Gasteiger partial charge in [0.15, 0.2) is 0 Å². The van der Waals surface area contributed by atoms with Crippen molar-refractivity contribution in [3.05, 3.63) is 18.2 Å². The molecule has 0 saturated carbocycles. The van der Waals surface area contributed by atoms with Crippen molar-refractivity contribution in [2.24, 2.45) is 11.7 Å². The van der Waals surface area contributed by atoms with E-state index in [0.29, 0.717) is 17.2 Å². The van der Waals surface area contributed by atoms with E-state index in [-0.39, 0.29) is 12.5 Å². The van der Waals surface area contributed by atoms with E-state index in [0.717, 1.165) is 4.90 Å². The molecule has 2 N–H and O–H groups in total. The molecule has 0 aromatic heterocycles. The van der Waals surface area contributed by atoms with Crippen LogP contribution in [0.1, 0.15) is 41.5 Å². The Labute approximate surface area is 173 Å². The van der Waals surface area contributed by atoms with Gasteiger partial charge in [0, 0.05) is 18.2 Å². The molecule has 2 amide bonds. The quantitative estimate of drug-likeness (QED) is 0.702. The van der Waals surface area contributed by atoms with Crippen LogP contribution in [-0.2, 0) is 9.53 Å². The van der Waals surface area contributed by atoms with E-state index < -0.39 is 29.7 Å². The van der Waals surface area contributed by atoms with Gasteiger partial charge in [0.05, 0.1) is 26.3 Å². The molecule has 0 spiro atoms. The maximum atomic E-state index is 12.9. The highest BCUT2D eigenvalue weighted by atomic mass is 16.6. The second kappa shape index (κ2) is 10.3. The summed E-state index contributed by atoms with van der Waals surface area (Å²) in [4.78, 5) is 26.6. The third-order valence-corrected chi connectivity index (χ3v) is 4.09. The molecule has 0 radical (unpaired) electrons.